The van der Waals surface area contributed by atoms with Crippen molar-refractivity contribution >= 4 is 0 Å². The van der Waals surface area contributed by atoms with Gasteiger partial charge in [0.25, 0.3) is 0 Å². The minimum Gasteiger partial charge on any atom is -0.396 e. The van der Waals surface area contributed by atoms with E-state index in [4.69, 9.17) is 4.74 Å². The molecule has 1 saturated heterocycles. The normalized spacial score (nSPS) is 34.1. The molecule has 3 rings (SSSR count). The Hall–Kier alpha value is -0.0800. The highest BCUT2D eigenvalue weighted by Gasteiger charge is 2.65. The SMILES string of the molecule is OCC1(C2(C3CCCC3)COC2)CC1. The zero-order chi connectivity index (χ0) is 9.65. The largest absolute Gasteiger partial charge is 0.396 e. The van der Waals surface area contributed by atoms with Gasteiger partial charge in [-0.05, 0) is 31.6 Å². The summed E-state index contributed by atoms with van der Waals surface area (Å²) < 4.78 is 5.47. The van der Waals surface area contributed by atoms with E-state index >= 15 is 0 Å². The molecule has 80 valence electrons. The molecule has 2 saturated carbocycles. The van der Waals surface area contributed by atoms with E-state index in [1.54, 1.807) is 0 Å². The third kappa shape index (κ3) is 0.989. The lowest BCUT2D eigenvalue weighted by atomic mass is 9.62. The van der Waals surface area contributed by atoms with E-state index in [0.29, 0.717) is 12.0 Å². The number of hydrogen-bond donors (Lipinski definition) is 1. The third-order valence-electron chi connectivity index (χ3n) is 5.07. The highest BCUT2D eigenvalue weighted by molar-refractivity contribution is 5.13. The van der Waals surface area contributed by atoms with Crippen molar-refractivity contribution in [2.45, 2.75) is 38.5 Å². The van der Waals surface area contributed by atoms with Crippen molar-refractivity contribution in [3.63, 3.8) is 0 Å². The van der Waals surface area contributed by atoms with Gasteiger partial charge in [0.1, 0.15) is 0 Å². The van der Waals surface area contributed by atoms with Gasteiger partial charge in [-0.1, -0.05) is 12.8 Å². The lowest BCUT2D eigenvalue weighted by Gasteiger charge is -2.51. The van der Waals surface area contributed by atoms with Crippen LogP contribution in [0, 0.1) is 16.7 Å². The summed E-state index contributed by atoms with van der Waals surface area (Å²) in [5, 5.41) is 9.56. The van der Waals surface area contributed by atoms with Crippen molar-refractivity contribution in [2.75, 3.05) is 19.8 Å². The summed E-state index contributed by atoms with van der Waals surface area (Å²) in [6, 6.07) is 0. The Labute approximate surface area is 85.6 Å². The molecule has 0 bridgehead atoms. The van der Waals surface area contributed by atoms with Crippen LogP contribution < -0.4 is 0 Å². The molecular weight excluding hydrogens is 176 g/mol. The third-order valence-corrected chi connectivity index (χ3v) is 5.07. The maximum Gasteiger partial charge on any atom is 0.0553 e. The van der Waals surface area contributed by atoms with Gasteiger partial charge >= 0.3 is 0 Å². The number of rotatable bonds is 3. The van der Waals surface area contributed by atoms with Crippen molar-refractivity contribution in [3.8, 4) is 0 Å². The molecule has 14 heavy (non-hydrogen) atoms. The van der Waals surface area contributed by atoms with Crippen molar-refractivity contribution in [1.82, 2.24) is 0 Å². The summed E-state index contributed by atoms with van der Waals surface area (Å²) in [5.74, 6) is 0.853. The predicted molar refractivity (Wildman–Crippen MR) is 54.0 cm³/mol. The Morgan fingerprint density at radius 3 is 2.14 bits per heavy atom. The van der Waals surface area contributed by atoms with Crippen LogP contribution in [0.5, 0.6) is 0 Å². The van der Waals surface area contributed by atoms with Crippen LogP contribution in [-0.2, 0) is 4.74 Å². The van der Waals surface area contributed by atoms with E-state index in [2.05, 4.69) is 0 Å². The van der Waals surface area contributed by atoms with Crippen molar-refractivity contribution in [1.29, 1.82) is 0 Å². The zero-order valence-electron chi connectivity index (χ0n) is 8.80. The molecule has 0 aromatic heterocycles. The summed E-state index contributed by atoms with van der Waals surface area (Å²) in [6.07, 6.45) is 8.03. The van der Waals surface area contributed by atoms with Crippen LogP contribution in [0.1, 0.15) is 38.5 Å². The van der Waals surface area contributed by atoms with Gasteiger partial charge < -0.3 is 9.84 Å². The molecule has 2 nitrogen and oxygen atoms in total. The first-order chi connectivity index (χ1) is 6.83. The van der Waals surface area contributed by atoms with Gasteiger partial charge in [-0.15, -0.1) is 0 Å². The molecule has 0 atom stereocenters. The van der Waals surface area contributed by atoms with Gasteiger partial charge in [0.05, 0.1) is 13.2 Å². The number of aliphatic hydroxyl groups is 1. The molecule has 0 spiro atoms. The quantitative estimate of drug-likeness (QED) is 0.747. The highest BCUT2D eigenvalue weighted by Crippen LogP contribution is 2.66. The maximum absolute atomic E-state index is 9.56. The van der Waals surface area contributed by atoms with Gasteiger partial charge in [-0.2, -0.15) is 0 Å². The van der Waals surface area contributed by atoms with Crippen LogP contribution in [0.15, 0.2) is 0 Å². The zero-order valence-corrected chi connectivity index (χ0v) is 8.80. The molecule has 1 aliphatic heterocycles. The molecule has 3 aliphatic rings. The van der Waals surface area contributed by atoms with Gasteiger partial charge in [0, 0.05) is 17.4 Å². The lowest BCUT2D eigenvalue weighted by molar-refractivity contribution is -0.194. The van der Waals surface area contributed by atoms with Gasteiger partial charge in [0.2, 0.25) is 0 Å². The number of aliphatic hydroxyl groups excluding tert-OH is 1. The lowest BCUT2D eigenvalue weighted by Crippen LogP contribution is -2.55. The van der Waals surface area contributed by atoms with Crippen LogP contribution in [0.25, 0.3) is 0 Å². The van der Waals surface area contributed by atoms with E-state index in [1.165, 1.54) is 38.5 Å². The Morgan fingerprint density at radius 1 is 1.14 bits per heavy atom. The molecule has 0 unspecified atom stereocenters. The average molecular weight is 196 g/mol. The van der Waals surface area contributed by atoms with E-state index in [0.717, 1.165) is 19.1 Å². The summed E-state index contributed by atoms with van der Waals surface area (Å²) in [5.41, 5.74) is 0.665. The van der Waals surface area contributed by atoms with Crippen LogP contribution >= 0.6 is 0 Å². The molecular formula is C12H20O2. The first kappa shape index (κ1) is 9.17. The topological polar surface area (TPSA) is 29.5 Å². The minimum atomic E-state index is 0.278. The van der Waals surface area contributed by atoms with Crippen LogP contribution in [0.4, 0.5) is 0 Å². The molecule has 1 heterocycles. The monoisotopic (exact) mass is 196 g/mol. The molecule has 3 fully saturated rings. The number of hydrogen-bond acceptors (Lipinski definition) is 2. The van der Waals surface area contributed by atoms with Crippen LogP contribution in [0.2, 0.25) is 0 Å². The van der Waals surface area contributed by atoms with Crippen LogP contribution in [-0.4, -0.2) is 24.9 Å². The molecule has 2 heteroatoms. The molecule has 0 amide bonds. The minimum absolute atomic E-state index is 0.278. The summed E-state index contributed by atoms with van der Waals surface area (Å²) in [4.78, 5) is 0. The molecule has 2 aliphatic carbocycles. The second-order valence-corrected chi connectivity index (χ2v) is 5.57. The van der Waals surface area contributed by atoms with E-state index in [-0.39, 0.29) is 5.41 Å². The first-order valence-corrected chi connectivity index (χ1v) is 6.02. The number of ether oxygens (including phenoxy) is 1. The van der Waals surface area contributed by atoms with Crippen molar-refractivity contribution < 1.29 is 9.84 Å². The van der Waals surface area contributed by atoms with E-state index < -0.39 is 0 Å². The average Bonchev–Trinajstić information content (AvgIpc) is 2.72. The molecule has 1 N–H and O–H groups in total. The molecule has 0 aromatic carbocycles. The second-order valence-electron chi connectivity index (χ2n) is 5.57. The molecule has 0 radical (unpaired) electrons. The van der Waals surface area contributed by atoms with Crippen molar-refractivity contribution in [3.05, 3.63) is 0 Å². The Balaban J connectivity index is 1.83. The summed E-state index contributed by atoms with van der Waals surface area (Å²) in [7, 11) is 0. The van der Waals surface area contributed by atoms with Gasteiger partial charge in [-0.3, -0.25) is 0 Å². The predicted octanol–water partition coefficient (Wildman–Crippen LogP) is 1.97. The first-order valence-electron chi connectivity index (χ1n) is 6.02. The van der Waals surface area contributed by atoms with E-state index in [1.807, 2.05) is 0 Å². The molecule has 0 aromatic rings. The maximum atomic E-state index is 9.56. The Kier molecular flexibility index (Phi) is 1.94. The fraction of sp³-hybridized carbons (Fsp3) is 1.00. The fourth-order valence-electron chi connectivity index (χ4n) is 3.74. The highest BCUT2D eigenvalue weighted by atomic mass is 16.5. The standard InChI is InChI=1S/C12H20O2/c13-7-11(5-6-11)12(8-14-9-12)10-3-1-2-4-10/h10,13H,1-9H2. The smallest absolute Gasteiger partial charge is 0.0553 e. The van der Waals surface area contributed by atoms with Crippen LogP contribution in [0.3, 0.4) is 0 Å². The Morgan fingerprint density at radius 2 is 1.79 bits per heavy atom. The van der Waals surface area contributed by atoms with Crippen molar-refractivity contribution in [2.24, 2.45) is 16.7 Å². The van der Waals surface area contributed by atoms with Gasteiger partial charge in [0.15, 0.2) is 0 Å². The van der Waals surface area contributed by atoms with Gasteiger partial charge in [-0.25, -0.2) is 0 Å². The summed E-state index contributed by atoms with van der Waals surface area (Å²) in [6.45, 7) is 2.25. The Bertz CT molecular complexity index is 222. The summed E-state index contributed by atoms with van der Waals surface area (Å²) >= 11 is 0. The fourth-order valence-corrected chi connectivity index (χ4v) is 3.74. The van der Waals surface area contributed by atoms with E-state index in [9.17, 15) is 5.11 Å². The second kappa shape index (κ2) is 2.96.